The van der Waals surface area contributed by atoms with Gasteiger partial charge in [0.05, 0.1) is 6.54 Å². The molecule has 5 nitrogen and oxygen atoms in total. The largest absolute Gasteiger partial charge is 0.339 e. The van der Waals surface area contributed by atoms with E-state index in [4.69, 9.17) is 10.3 Å². The molecule has 0 bridgehead atoms. The molecule has 1 aromatic rings. The van der Waals surface area contributed by atoms with Crippen molar-refractivity contribution in [2.45, 2.75) is 44.7 Å². The molecule has 1 aromatic heterocycles. The average molecular weight is 273 g/mol. The van der Waals surface area contributed by atoms with Crippen molar-refractivity contribution in [2.24, 2.45) is 11.7 Å². The van der Waals surface area contributed by atoms with Crippen molar-refractivity contribution in [1.29, 1.82) is 0 Å². The Labute approximate surface area is 114 Å². The number of nitrogens with two attached hydrogens (primary N) is 1. The summed E-state index contributed by atoms with van der Waals surface area (Å²) in [4.78, 5) is 6.83. The first-order valence-corrected chi connectivity index (χ1v) is 6.53. The molecule has 1 aliphatic carbocycles. The standard InChI is InChI=1S/C12H20N4O.ClH/c1-8(13)10-4-5-16(6-10)7-11-14-12(17-15-11)9-2-3-9;/h8-10H,2-7,13H2,1H3;1H. The number of likely N-dealkylation sites (tertiary alicyclic amines) is 1. The van der Waals surface area contributed by atoms with Crippen LogP contribution in [0.1, 0.15) is 43.8 Å². The molecule has 0 radical (unpaired) electrons. The summed E-state index contributed by atoms with van der Waals surface area (Å²) < 4.78 is 5.26. The first kappa shape index (κ1) is 13.8. The van der Waals surface area contributed by atoms with Gasteiger partial charge in [0.15, 0.2) is 5.82 Å². The Morgan fingerprint density at radius 1 is 1.44 bits per heavy atom. The third kappa shape index (κ3) is 3.02. The summed E-state index contributed by atoms with van der Waals surface area (Å²) in [5.74, 6) is 2.83. The van der Waals surface area contributed by atoms with Crippen LogP contribution in [0.15, 0.2) is 4.52 Å². The zero-order valence-electron chi connectivity index (χ0n) is 10.7. The van der Waals surface area contributed by atoms with E-state index in [9.17, 15) is 0 Å². The van der Waals surface area contributed by atoms with Crippen molar-refractivity contribution in [3.63, 3.8) is 0 Å². The predicted molar refractivity (Wildman–Crippen MR) is 70.6 cm³/mol. The Balaban J connectivity index is 0.00000120. The number of aromatic nitrogens is 2. The van der Waals surface area contributed by atoms with Crippen LogP contribution in [-0.4, -0.2) is 34.2 Å². The third-order valence-corrected chi connectivity index (χ3v) is 3.83. The number of rotatable bonds is 4. The summed E-state index contributed by atoms with van der Waals surface area (Å²) >= 11 is 0. The first-order chi connectivity index (χ1) is 8.22. The Morgan fingerprint density at radius 3 is 2.83 bits per heavy atom. The summed E-state index contributed by atoms with van der Waals surface area (Å²) in [5.41, 5.74) is 5.93. The van der Waals surface area contributed by atoms with Gasteiger partial charge < -0.3 is 10.3 Å². The van der Waals surface area contributed by atoms with E-state index in [1.165, 1.54) is 19.3 Å². The van der Waals surface area contributed by atoms with Crippen LogP contribution in [0.25, 0.3) is 0 Å². The van der Waals surface area contributed by atoms with Gasteiger partial charge in [-0.15, -0.1) is 12.4 Å². The smallest absolute Gasteiger partial charge is 0.229 e. The molecule has 102 valence electrons. The van der Waals surface area contributed by atoms with Crippen LogP contribution in [0.5, 0.6) is 0 Å². The lowest BCUT2D eigenvalue weighted by molar-refractivity contribution is 0.292. The molecule has 1 saturated carbocycles. The fourth-order valence-corrected chi connectivity index (χ4v) is 2.46. The van der Waals surface area contributed by atoms with Crippen molar-refractivity contribution >= 4 is 12.4 Å². The van der Waals surface area contributed by atoms with Crippen LogP contribution < -0.4 is 5.73 Å². The number of halogens is 1. The van der Waals surface area contributed by atoms with Crippen LogP contribution in [0.2, 0.25) is 0 Å². The van der Waals surface area contributed by atoms with Crippen LogP contribution >= 0.6 is 12.4 Å². The molecule has 6 heteroatoms. The van der Waals surface area contributed by atoms with Gasteiger partial charge in [0, 0.05) is 18.5 Å². The van der Waals surface area contributed by atoms with Crippen molar-refractivity contribution in [2.75, 3.05) is 13.1 Å². The van der Waals surface area contributed by atoms with E-state index in [0.717, 1.165) is 31.3 Å². The van der Waals surface area contributed by atoms with Crippen LogP contribution in [-0.2, 0) is 6.54 Å². The highest BCUT2D eigenvalue weighted by atomic mass is 35.5. The SMILES string of the molecule is CC(N)C1CCN(Cc2noc(C3CC3)n2)C1.Cl. The maximum atomic E-state index is 5.93. The fraction of sp³-hybridized carbons (Fsp3) is 0.833. The van der Waals surface area contributed by atoms with Crippen LogP contribution in [0.3, 0.4) is 0 Å². The fourth-order valence-electron chi connectivity index (χ4n) is 2.46. The van der Waals surface area contributed by atoms with Crippen LogP contribution in [0, 0.1) is 5.92 Å². The minimum atomic E-state index is 0. The second-order valence-electron chi connectivity index (χ2n) is 5.47. The molecule has 1 aliphatic heterocycles. The summed E-state index contributed by atoms with van der Waals surface area (Å²) in [6.45, 7) is 5.05. The maximum absolute atomic E-state index is 5.93. The van der Waals surface area contributed by atoms with E-state index in [-0.39, 0.29) is 18.4 Å². The van der Waals surface area contributed by atoms with E-state index in [2.05, 4.69) is 22.0 Å². The highest BCUT2D eigenvalue weighted by molar-refractivity contribution is 5.85. The molecule has 0 amide bonds. The summed E-state index contributed by atoms with van der Waals surface area (Å²) in [6, 6.07) is 0.285. The maximum Gasteiger partial charge on any atom is 0.229 e. The molecule has 2 aliphatic rings. The molecule has 0 aromatic carbocycles. The Morgan fingerprint density at radius 2 is 2.22 bits per heavy atom. The van der Waals surface area contributed by atoms with Crippen molar-refractivity contribution in [3.8, 4) is 0 Å². The summed E-state index contributed by atoms with van der Waals surface area (Å²) in [5, 5.41) is 4.05. The number of hydrogen-bond acceptors (Lipinski definition) is 5. The van der Waals surface area contributed by atoms with Crippen LogP contribution in [0.4, 0.5) is 0 Å². The van der Waals surface area contributed by atoms with E-state index in [1.807, 2.05) is 0 Å². The number of nitrogens with zero attached hydrogens (tertiary/aromatic N) is 3. The lowest BCUT2D eigenvalue weighted by Gasteiger charge is -2.15. The van der Waals surface area contributed by atoms with Gasteiger partial charge in [0.2, 0.25) is 5.89 Å². The average Bonchev–Trinajstić information content (AvgIpc) is 2.87. The second kappa shape index (κ2) is 5.55. The zero-order valence-corrected chi connectivity index (χ0v) is 11.5. The van der Waals surface area contributed by atoms with Gasteiger partial charge in [0.25, 0.3) is 0 Å². The third-order valence-electron chi connectivity index (χ3n) is 3.83. The normalized spacial score (nSPS) is 26.0. The Kier molecular flexibility index (Phi) is 4.25. The predicted octanol–water partition coefficient (Wildman–Crippen LogP) is 1.54. The van der Waals surface area contributed by atoms with Gasteiger partial charge in [0.1, 0.15) is 0 Å². The lowest BCUT2D eigenvalue weighted by Crippen LogP contribution is -2.29. The monoisotopic (exact) mass is 272 g/mol. The van der Waals surface area contributed by atoms with E-state index in [0.29, 0.717) is 11.8 Å². The second-order valence-corrected chi connectivity index (χ2v) is 5.47. The molecule has 0 spiro atoms. The minimum Gasteiger partial charge on any atom is -0.339 e. The molecule has 2 heterocycles. The molecule has 2 unspecified atom stereocenters. The van der Waals surface area contributed by atoms with Gasteiger partial charge in [-0.3, -0.25) is 4.90 Å². The lowest BCUT2D eigenvalue weighted by atomic mass is 10.0. The molecule has 1 saturated heterocycles. The summed E-state index contributed by atoms with van der Waals surface area (Å²) in [7, 11) is 0. The molecular weight excluding hydrogens is 252 g/mol. The van der Waals surface area contributed by atoms with E-state index >= 15 is 0 Å². The van der Waals surface area contributed by atoms with Crippen molar-refractivity contribution in [3.05, 3.63) is 11.7 Å². The number of hydrogen-bond donors (Lipinski definition) is 1. The molecule has 2 atom stereocenters. The topological polar surface area (TPSA) is 68.2 Å². The molecule has 18 heavy (non-hydrogen) atoms. The van der Waals surface area contributed by atoms with Gasteiger partial charge in [-0.25, -0.2) is 0 Å². The zero-order chi connectivity index (χ0) is 11.8. The van der Waals surface area contributed by atoms with Gasteiger partial charge in [-0.2, -0.15) is 4.98 Å². The first-order valence-electron chi connectivity index (χ1n) is 6.53. The van der Waals surface area contributed by atoms with Gasteiger partial charge >= 0.3 is 0 Å². The molecule has 2 fully saturated rings. The molecule has 2 N–H and O–H groups in total. The molecular formula is C12H21ClN4O. The molecule has 3 rings (SSSR count). The van der Waals surface area contributed by atoms with E-state index < -0.39 is 0 Å². The van der Waals surface area contributed by atoms with Gasteiger partial charge in [-0.1, -0.05) is 5.16 Å². The van der Waals surface area contributed by atoms with Crippen molar-refractivity contribution in [1.82, 2.24) is 15.0 Å². The van der Waals surface area contributed by atoms with E-state index in [1.54, 1.807) is 0 Å². The quantitative estimate of drug-likeness (QED) is 0.900. The highest BCUT2D eigenvalue weighted by Crippen LogP contribution is 2.38. The van der Waals surface area contributed by atoms with Gasteiger partial charge in [-0.05, 0) is 38.6 Å². The minimum absolute atomic E-state index is 0. The summed E-state index contributed by atoms with van der Waals surface area (Å²) in [6.07, 6.45) is 3.60. The Hall–Kier alpha value is -0.650. The Bertz CT molecular complexity index is 391. The van der Waals surface area contributed by atoms with Crippen molar-refractivity contribution < 1.29 is 4.52 Å². The highest BCUT2D eigenvalue weighted by Gasteiger charge is 2.30.